The van der Waals surface area contributed by atoms with Crippen molar-refractivity contribution >= 4 is 11.6 Å². The lowest BCUT2D eigenvalue weighted by atomic mass is 9.86. The van der Waals surface area contributed by atoms with Gasteiger partial charge in [-0.15, -0.1) is 0 Å². The summed E-state index contributed by atoms with van der Waals surface area (Å²) >= 11 is 0. The van der Waals surface area contributed by atoms with E-state index in [2.05, 4.69) is 0 Å². The van der Waals surface area contributed by atoms with E-state index in [1.807, 2.05) is 25.1 Å². The van der Waals surface area contributed by atoms with Crippen molar-refractivity contribution in [2.24, 2.45) is 5.41 Å². The molecule has 1 aromatic carbocycles. The van der Waals surface area contributed by atoms with Gasteiger partial charge in [0.1, 0.15) is 5.75 Å². The van der Waals surface area contributed by atoms with E-state index in [4.69, 9.17) is 4.74 Å². The van der Waals surface area contributed by atoms with Crippen LogP contribution >= 0.6 is 0 Å². The van der Waals surface area contributed by atoms with Crippen molar-refractivity contribution in [3.05, 3.63) is 29.8 Å². The summed E-state index contributed by atoms with van der Waals surface area (Å²) in [6.45, 7) is 7.75. The maximum absolute atomic E-state index is 11.8. The fraction of sp³-hybridized carbons (Fsp3) is 0.467. The number of hydrogen-bond acceptors (Lipinski definition) is 3. The molecule has 0 amide bonds. The molecule has 0 aliphatic carbocycles. The number of carbonyl (C=O) groups excluding carboxylic acids is 2. The topological polar surface area (TPSA) is 43.4 Å². The van der Waals surface area contributed by atoms with Crippen molar-refractivity contribution in [3.63, 3.8) is 0 Å². The second-order valence-corrected chi connectivity index (χ2v) is 5.26. The fourth-order valence-electron chi connectivity index (χ4n) is 1.60. The Morgan fingerprint density at radius 3 is 2.44 bits per heavy atom. The second-order valence-electron chi connectivity index (χ2n) is 5.26. The summed E-state index contributed by atoms with van der Waals surface area (Å²) in [6, 6.07) is 7.30. The Morgan fingerprint density at radius 1 is 1.22 bits per heavy atom. The van der Waals surface area contributed by atoms with Gasteiger partial charge in [-0.25, -0.2) is 0 Å². The first-order chi connectivity index (χ1) is 8.34. The molecule has 0 aromatic heterocycles. The number of carbonyl (C=O) groups is 2. The van der Waals surface area contributed by atoms with Crippen molar-refractivity contribution in [3.8, 4) is 5.75 Å². The molecular weight excluding hydrogens is 228 g/mol. The van der Waals surface area contributed by atoms with Crippen molar-refractivity contribution in [1.82, 2.24) is 0 Å². The van der Waals surface area contributed by atoms with Crippen molar-refractivity contribution in [2.75, 3.05) is 6.61 Å². The lowest BCUT2D eigenvalue weighted by Gasteiger charge is -2.15. The van der Waals surface area contributed by atoms with Gasteiger partial charge in [-0.3, -0.25) is 9.59 Å². The largest absolute Gasteiger partial charge is 0.494 e. The van der Waals surface area contributed by atoms with E-state index in [0.29, 0.717) is 6.61 Å². The van der Waals surface area contributed by atoms with Gasteiger partial charge in [0.2, 0.25) is 11.6 Å². The summed E-state index contributed by atoms with van der Waals surface area (Å²) < 4.78 is 5.36. The number of ether oxygens (including phenoxy) is 1. The Hall–Kier alpha value is -1.64. The molecule has 0 bridgehead atoms. The summed E-state index contributed by atoms with van der Waals surface area (Å²) in [5.74, 6) is 0.0477. The zero-order valence-corrected chi connectivity index (χ0v) is 11.4. The van der Waals surface area contributed by atoms with Crippen LogP contribution in [-0.2, 0) is 16.0 Å². The Morgan fingerprint density at radius 2 is 1.89 bits per heavy atom. The van der Waals surface area contributed by atoms with E-state index in [0.717, 1.165) is 11.3 Å². The van der Waals surface area contributed by atoms with Gasteiger partial charge in [0.15, 0.2) is 0 Å². The molecule has 0 heterocycles. The molecule has 0 aliphatic heterocycles. The zero-order valence-electron chi connectivity index (χ0n) is 11.4. The van der Waals surface area contributed by atoms with E-state index < -0.39 is 5.41 Å². The van der Waals surface area contributed by atoms with Gasteiger partial charge in [0.25, 0.3) is 0 Å². The lowest BCUT2D eigenvalue weighted by Crippen LogP contribution is -2.29. The molecule has 0 spiro atoms. The fourth-order valence-corrected chi connectivity index (χ4v) is 1.60. The molecule has 0 radical (unpaired) electrons. The summed E-state index contributed by atoms with van der Waals surface area (Å²) in [6.07, 6.45) is 0.136. The maximum atomic E-state index is 11.8. The van der Waals surface area contributed by atoms with Crippen LogP contribution in [0.25, 0.3) is 0 Å². The van der Waals surface area contributed by atoms with Crippen LogP contribution in [0.4, 0.5) is 0 Å². The summed E-state index contributed by atoms with van der Waals surface area (Å²) in [7, 11) is 0. The van der Waals surface area contributed by atoms with Crippen molar-refractivity contribution < 1.29 is 14.3 Å². The quantitative estimate of drug-likeness (QED) is 0.752. The molecule has 18 heavy (non-hydrogen) atoms. The minimum absolute atomic E-state index is 0.136. The smallest absolute Gasteiger partial charge is 0.204 e. The van der Waals surface area contributed by atoms with Gasteiger partial charge < -0.3 is 4.74 Å². The van der Waals surface area contributed by atoms with E-state index in [1.165, 1.54) is 0 Å². The van der Waals surface area contributed by atoms with Crippen LogP contribution in [0.1, 0.15) is 33.3 Å². The molecule has 3 heteroatoms. The molecule has 0 saturated heterocycles. The minimum atomic E-state index is -0.616. The first kappa shape index (κ1) is 14.4. The van der Waals surface area contributed by atoms with Crippen LogP contribution in [0.15, 0.2) is 24.3 Å². The molecule has 98 valence electrons. The molecule has 3 nitrogen and oxygen atoms in total. The molecule has 0 fully saturated rings. The number of ketones is 2. The number of Topliss-reactive ketones (excluding diaryl/α,β-unsaturated/α-hetero) is 2. The van der Waals surface area contributed by atoms with E-state index in [1.54, 1.807) is 26.8 Å². The lowest BCUT2D eigenvalue weighted by molar-refractivity contribution is -0.140. The highest BCUT2D eigenvalue weighted by Gasteiger charge is 2.27. The summed E-state index contributed by atoms with van der Waals surface area (Å²) in [5.41, 5.74) is 0.192. The van der Waals surface area contributed by atoms with Gasteiger partial charge >= 0.3 is 0 Å². The molecule has 0 aliphatic rings. The molecule has 1 aromatic rings. The number of hydrogen-bond donors (Lipinski definition) is 0. The highest BCUT2D eigenvalue weighted by Crippen LogP contribution is 2.18. The van der Waals surface area contributed by atoms with Crippen molar-refractivity contribution in [1.29, 1.82) is 0 Å². The zero-order chi connectivity index (χ0) is 13.8. The van der Waals surface area contributed by atoms with Crippen LogP contribution in [0, 0.1) is 5.41 Å². The Bertz CT molecular complexity index is 441. The van der Waals surface area contributed by atoms with Crippen molar-refractivity contribution in [2.45, 2.75) is 34.1 Å². The number of rotatable bonds is 5. The highest BCUT2D eigenvalue weighted by molar-refractivity contribution is 6.39. The van der Waals surface area contributed by atoms with Gasteiger partial charge in [0.05, 0.1) is 6.61 Å². The van der Waals surface area contributed by atoms with Gasteiger partial charge in [-0.2, -0.15) is 0 Å². The SMILES string of the molecule is CCOc1cccc(CC(=O)C(=O)C(C)(C)C)c1. The Balaban J connectivity index is 2.76. The van der Waals surface area contributed by atoms with Gasteiger partial charge in [-0.1, -0.05) is 32.9 Å². The van der Waals surface area contributed by atoms with E-state index in [-0.39, 0.29) is 18.0 Å². The minimum Gasteiger partial charge on any atom is -0.494 e. The monoisotopic (exact) mass is 248 g/mol. The average molecular weight is 248 g/mol. The molecule has 0 unspecified atom stereocenters. The maximum Gasteiger partial charge on any atom is 0.204 e. The summed E-state index contributed by atoms with van der Waals surface area (Å²) in [5, 5.41) is 0. The average Bonchev–Trinajstić information content (AvgIpc) is 2.27. The predicted molar refractivity (Wildman–Crippen MR) is 70.8 cm³/mol. The van der Waals surface area contributed by atoms with Crippen LogP contribution in [0.5, 0.6) is 5.75 Å². The third-order valence-electron chi connectivity index (χ3n) is 2.51. The van der Waals surface area contributed by atoms with Crippen LogP contribution in [-0.4, -0.2) is 18.2 Å². The van der Waals surface area contributed by atoms with E-state index >= 15 is 0 Å². The third kappa shape index (κ3) is 3.99. The molecule has 0 N–H and O–H groups in total. The third-order valence-corrected chi connectivity index (χ3v) is 2.51. The van der Waals surface area contributed by atoms with Crippen LogP contribution < -0.4 is 4.74 Å². The standard InChI is InChI=1S/C15H20O3/c1-5-18-12-8-6-7-11(9-12)10-13(16)14(17)15(2,3)4/h6-9H,5,10H2,1-4H3. The number of benzene rings is 1. The van der Waals surface area contributed by atoms with E-state index in [9.17, 15) is 9.59 Å². The Kier molecular flexibility index (Phi) is 4.65. The predicted octanol–water partition coefficient (Wildman–Crippen LogP) is 2.81. The molecular formula is C15H20O3. The molecule has 0 atom stereocenters. The normalized spacial score (nSPS) is 11.1. The van der Waals surface area contributed by atoms with Crippen LogP contribution in [0.2, 0.25) is 0 Å². The first-order valence-corrected chi connectivity index (χ1v) is 6.14. The molecule has 1 rings (SSSR count). The van der Waals surface area contributed by atoms with Gasteiger partial charge in [0, 0.05) is 11.8 Å². The highest BCUT2D eigenvalue weighted by atomic mass is 16.5. The van der Waals surface area contributed by atoms with Crippen LogP contribution in [0.3, 0.4) is 0 Å². The second kappa shape index (κ2) is 5.80. The Labute approximate surface area is 108 Å². The van der Waals surface area contributed by atoms with Gasteiger partial charge in [-0.05, 0) is 24.6 Å². The first-order valence-electron chi connectivity index (χ1n) is 6.14. The molecule has 0 saturated carbocycles. The summed E-state index contributed by atoms with van der Waals surface area (Å²) in [4.78, 5) is 23.6.